The molecular formula is C21H34F2N6. The molecule has 0 radical (unpaired) electrons. The van der Waals surface area contributed by atoms with E-state index in [2.05, 4.69) is 32.1 Å². The molecular weight excluding hydrogens is 374 g/mol. The molecule has 1 aromatic rings. The zero-order chi connectivity index (χ0) is 20.6. The smallest absolute Gasteiger partial charge is 0.193 e. The second-order valence-corrected chi connectivity index (χ2v) is 7.90. The van der Waals surface area contributed by atoms with Crippen molar-refractivity contribution in [2.24, 2.45) is 4.99 Å². The fourth-order valence-corrected chi connectivity index (χ4v) is 4.05. The van der Waals surface area contributed by atoms with Gasteiger partial charge in [-0.3, -0.25) is 4.99 Å². The zero-order valence-corrected chi connectivity index (χ0v) is 17.7. The summed E-state index contributed by atoms with van der Waals surface area (Å²) < 4.78 is 27.5. The number of guanidine groups is 1. The van der Waals surface area contributed by atoms with Gasteiger partial charge in [-0.15, -0.1) is 0 Å². The number of likely N-dealkylation sites (N-methyl/N-ethyl adjacent to an activating group) is 1. The van der Waals surface area contributed by atoms with Gasteiger partial charge in [-0.25, -0.2) is 8.78 Å². The monoisotopic (exact) mass is 408 g/mol. The number of nitrogens with one attached hydrogen (secondary N) is 1. The van der Waals surface area contributed by atoms with E-state index in [4.69, 9.17) is 0 Å². The highest BCUT2D eigenvalue weighted by Crippen LogP contribution is 2.21. The number of nitrogens with zero attached hydrogens (tertiary/aromatic N) is 5. The van der Waals surface area contributed by atoms with Gasteiger partial charge < -0.3 is 24.9 Å². The third-order valence-corrected chi connectivity index (χ3v) is 5.79. The van der Waals surface area contributed by atoms with E-state index >= 15 is 0 Å². The SMILES string of the molecule is CN=C(NCCCN1CCCN(C)CC1)N1CCN(c2cc(F)ccc2F)CC1. The Balaban J connectivity index is 1.40. The molecule has 3 rings (SSSR count). The van der Waals surface area contributed by atoms with Gasteiger partial charge >= 0.3 is 0 Å². The van der Waals surface area contributed by atoms with Crippen LogP contribution in [0.3, 0.4) is 0 Å². The van der Waals surface area contributed by atoms with E-state index in [-0.39, 0.29) is 5.82 Å². The minimum absolute atomic E-state index is 0.343. The molecule has 29 heavy (non-hydrogen) atoms. The van der Waals surface area contributed by atoms with Crippen LogP contribution in [0.25, 0.3) is 0 Å². The van der Waals surface area contributed by atoms with Crippen molar-refractivity contribution >= 4 is 11.6 Å². The summed E-state index contributed by atoms with van der Waals surface area (Å²) in [5.74, 6) is 0.111. The third kappa shape index (κ3) is 6.27. The van der Waals surface area contributed by atoms with E-state index in [0.29, 0.717) is 18.8 Å². The molecule has 1 N–H and O–H groups in total. The molecule has 8 heteroatoms. The predicted molar refractivity (Wildman–Crippen MR) is 115 cm³/mol. The Hall–Kier alpha value is -1.93. The topological polar surface area (TPSA) is 37.4 Å². The lowest BCUT2D eigenvalue weighted by Crippen LogP contribution is -2.53. The molecule has 2 heterocycles. The van der Waals surface area contributed by atoms with Crippen LogP contribution in [0.5, 0.6) is 0 Å². The highest BCUT2D eigenvalue weighted by Gasteiger charge is 2.22. The lowest BCUT2D eigenvalue weighted by Gasteiger charge is -2.37. The first-order valence-electron chi connectivity index (χ1n) is 10.6. The van der Waals surface area contributed by atoms with Crippen molar-refractivity contribution in [2.75, 3.05) is 84.4 Å². The molecule has 162 valence electrons. The summed E-state index contributed by atoms with van der Waals surface area (Å²) in [6.45, 7) is 9.38. The van der Waals surface area contributed by atoms with Crippen molar-refractivity contribution in [1.29, 1.82) is 0 Å². The summed E-state index contributed by atoms with van der Waals surface area (Å²) in [4.78, 5) is 13.4. The molecule has 0 saturated carbocycles. The highest BCUT2D eigenvalue weighted by molar-refractivity contribution is 5.80. The second kappa shape index (κ2) is 10.7. The van der Waals surface area contributed by atoms with Crippen LogP contribution in [0.15, 0.2) is 23.2 Å². The fourth-order valence-electron chi connectivity index (χ4n) is 4.05. The van der Waals surface area contributed by atoms with Crippen LogP contribution in [-0.2, 0) is 0 Å². The van der Waals surface area contributed by atoms with Crippen LogP contribution in [-0.4, -0.2) is 100 Å². The van der Waals surface area contributed by atoms with Crippen molar-refractivity contribution in [3.8, 4) is 0 Å². The van der Waals surface area contributed by atoms with Gasteiger partial charge in [0.25, 0.3) is 0 Å². The molecule has 0 amide bonds. The number of piperazine rings is 1. The standard InChI is InChI=1S/C21H34F2N6/c1-24-21(25-7-3-9-27-10-4-8-26(2)11-12-27)29-15-13-28(14-16-29)20-17-18(22)5-6-19(20)23/h5-6,17H,3-4,7-16H2,1-2H3,(H,24,25). The van der Waals surface area contributed by atoms with Gasteiger partial charge in [-0.1, -0.05) is 0 Å². The number of rotatable bonds is 5. The van der Waals surface area contributed by atoms with Gasteiger partial charge in [-0.2, -0.15) is 0 Å². The van der Waals surface area contributed by atoms with Crippen molar-refractivity contribution in [1.82, 2.24) is 20.0 Å². The van der Waals surface area contributed by atoms with Gasteiger partial charge in [0.1, 0.15) is 11.6 Å². The maximum absolute atomic E-state index is 14.0. The Morgan fingerprint density at radius 1 is 1.03 bits per heavy atom. The quantitative estimate of drug-likeness (QED) is 0.456. The summed E-state index contributed by atoms with van der Waals surface area (Å²) in [5.41, 5.74) is 0.343. The van der Waals surface area contributed by atoms with Crippen LogP contribution >= 0.6 is 0 Å². The molecule has 2 aliphatic rings. The first-order valence-corrected chi connectivity index (χ1v) is 10.6. The van der Waals surface area contributed by atoms with Gasteiger partial charge in [-0.05, 0) is 51.7 Å². The first-order chi connectivity index (χ1) is 14.1. The Kier molecular flexibility index (Phi) is 8.06. The van der Waals surface area contributed by atoms with Gasteiger partial charge in [0.2, 0.25) is 0 Å². The molecule has 0 atom stereocenters. The summed E-state index contributed by atoms with van der Waals surface area (Å²) in [5, 5.41) is 3.46. The molecule has 2 aliphatic heterocycles. The minimum Gasteiger partial charge on any atom is -0.366 e. The van der Waals surface area contributed by atoms with Crippen LogP contribution in [0.1, 0.15) is 12.8 Å². The normalized spacial score (nSPS) is 20.1. The van der Waals surface area contributed by atoms with E-state index in [9.17, 15) is 8.78 Å². The predicted octanol–water partition coefficient (Wildman–Crippen LogP) is 1.69. The van der Waals surface area contributed by atoms with E-state index in [0.717, 1.165) is 57.7 Å². The maximum atomic E-state index is 14.0. The molecule has 6 nitrogen and oxygen atoms in total. The Labute approximate surface area is 173 Å². The summed E-state index contributed by atoms with van der Waals surface area (Å²) in [7, 11) is 3.99. The number of benzene rings is 1. The maximum Gasteiger partial charge on any atom is 0.193 e. The van der Waals surface area contributed by atoms with Crippen molar-refractivity contribution in [3.05, 3.63) is 29.8 Å². The molecule has 1 aromatic carbocycles. The zero-order valence-electron chi connectivity index (χ0n) is 17.7. The fraction of sp³-hybridized carbons (Fsp3) is 0.667. The second-order valence-electron chi connectivity index (χ2n) is 7.90. The molecule has 2 saturated heterocycles. The summed E-state index contributed by atoms with van der Waals surface area (Å²) in [6.07, 6.45) is 2.32. The lowest BCUT2D eigenvalue weighted by molar-refractivity contribution is 0.273. The number of anilines is 1. The molecule has 0 bridgehead atoms. The van der Waals surface area contributed by atoms with Crippen LogP contribution in [0.2, 0.25) is 0 Å². The van der Waals surface area contributed by atoms with Gasteiger partial charge in [0.15, 0.2) is 5.96 Å². The first kappa shape index (κ1) is 21.8. The third-order valence-electron chi connectivity index (χ3n) is 5.79. The Bertz CT molecular complexity index is 675. The van der Waals surface area contributed by atoms with E-state index in [1.807, 2.05) is 4.90 Å². The average molecular weight is 409 g/mol. The molecule has 0 aliphatic carbocycles. The number of halogens is 2. The summed E-state index contributed by atoms with van der Waals surface area (Å²) in [6, 6.07) is 3.63. The Morgan fingerprint density at radius 2 is 1.83 bits per heavy atom. The number of hydrogen-bond donors (Lipinski definition) is 1. The van der Waals surface area contributed by atoms with Crippen LogP contribution in [0, 0.1) is 11.6 Å². The van der Waals surface area contributed by atoms with E-state index < -0.39 is 5.82 Å². The van der Waals surface area contributed by atoms with E-state index in [1.165, 1.54) is 31.6 Å². The highest BCUT2D eigenvalue weighted by atomic mass is 19.1. The van der Waals surface area contributed by atoms with Crippen LogP contribution in [0.4, 0.5) is 14.5 Å². The van der Waals surface area contributed by atoms with Gasteiger partial charge in [0.05, 0.1) is 5.69 Å². The van der Waals surface area contributed by atoms with Crippen molar-refractivity contribution in [2.45, 2.75) is 12.8 Å². The van der Waals surface area contributed by atoms with Crippen molar-refractivity contribution in [3.63, 3.8) is 0 Å². The van der Waals surface area contributed by atoms with E-state index in [1.54, 1.807) is 7.05 Å². The molecule has 0 spiro atoms. The van der Waals surface area contributed by atoms with Crippen LogP contribution < -0.4 is 10.2 Å². The molecule has 2 fully saturated rings. The summed E-state index contributed by atoms with van der Waals surface area (Å²) >= 11 is 0. The largest absolute Gasteiger partial charge is 0.366 e. The number of aliphatic imine (C=N–C) groups is 1. The lowest BCUT2D eigenvalue weighted by atomic mass is 10.2. The molecule has 0 aromatic heterocycles. The van der Waals surface area contributed by atoms with Gasteiger partial charge in [0, 0.05) is 58.9 Å². The number of hydrogen-bond acceptors (Lipinski definition) is 4. The van der Waals surface area contributed by atoms with Crippen molar-refractivity contribution < 1.29 is 8.78 Å². The Morgan fingerprint density at radius 3 is 2.59 bits per heavy atom. The minimum atomic E-state index is -0.405. The average Bonchev–Trinajstić information content (AvgIpc) is 2.94. The molecule has 0 unspecified atom stereocenters.